The maximum absolute atomic E-state index is 13.5. The van der Waals surface area contributed by atoms with E-state index in [9.17, 15) is 9.13 Å². The standard InChI is InChI=1S/C35H22NO4P/c37-41(38)35(28-13-7-15-30-27(28)19-16-24-10-3-6-14-29(24)36-30)39-31-20-17-22-8-1-4-11-25(22)33(31)34-26-12-5-2-9-23(26)18-21-32(34)40-35/h1-21,36H. The van der Waals surface area contributed by atoms with Gasteiger partial charge in [-0.25, -0.2) is 9.13 Å². The Morgan fingerprint density at radius 1 is 0.561 bits per heavy atom. The zero-order chi connectivity index (χ0) is 27.6. The monoisotopic (exact) mass is 551 g/mol. The Morgan fingerprint density at radius 3 is 1.80 bits per heavy atom. The topological polar surface area (TPSA) is 64.6 Å². The number of ether oxygens (including phenoxy) is 2. The minimum atomic E-state index is -3.32. The second-order valence-corrected chi connectivity index (χ2v) is 11.3. The molecule has 5 nitrogen and oxygen atoms in total. The van der Waals surface area contributed by atoms with Gasteiger partial charge < -0.3 is 14.8 Å². The molecule has 0 saturated carbocycles. The first-order valence-corrected chi connectivity index (χ1v) is 14.5. The maximum atomic E-state index is 13.5. The fraction of sp³-hybridized carbons (Fsp3) is 0.0286. The summed E-state index contributed by atoms with van der Waals surface area (Å²) < 4.78 is 40.3. The van der Waals surface area contributed by atoms with E-state index in [1.807, 2.05) is 121 Å². The van der Waals surface area contributed by atoms with Gasteiger partial charge in [0.25, 0.3) is 0 Å². The van der Waals surface area contributed by atoms with E-state index in [-0.39, 0.29) is 0 Å². The van der Waals surface area contributed by atoms with E-state index >= 15 is 0 Å². The van der Waals surface area contributed by atoms with Crippen molar-refractivity contribution in [2.24, 2.45) is 0 Å². The number of hydrogen-bond acceptors (Lipinski definition) is 5. The van der Waals surface area contributed by atoms with Crippen molar-refractivity contribution in [2.75, 3.05) is 5.32 Å². The van der Waals surface area contributed by atoms with Crippen molar-refractivity contribution in [1.82, 2.24) is 0 Å². The lowest BCUT2D eigenvalue weighted by molar-refractivity contribution is -0.0420. The van der Waals surface area contributed by atoms with Crippen LogP contribution >= 0.6 is 7.68 Å². The summed E-state index contributed by atoms with van der Waals surface area (Å²) in [5.74, 6) is 0.869. The average Bonchev–Trinajstić information content (AvgIpc) is 3.30. The third-order valence-electron chi connectivity index (χ3n) is 7.87. The Bertz CT molecular complexity index is 2050. The Balaban J connectivity index is 1.45. The fourth-order valence-corrected chi connectivity index (χ4v) is 6.73. The van der Waals surface area contributed by atoms with Gasteiger partial charge in [0.2, 0.25) is 0 Å². The van der Waals surface area contributed by atoms with Gasteiger partial charge in [0.15, 0.2) is 0 Å². The first-order chi connectivity index (χ1) is 20.1. The lowest BCUT2D eigenvalue weighted by Crippen LogP contribution is -2.35. The minimum absolute atomic E-state index is 0.391. The molecule has 2 heterocycles. The van der Waals surface area contributed by atoms with Crippen LogP contribution in [0.3, 0.4) is 0 Å². The first kappa shape index (κ1) is 23.7. The highest BCUT2D eigenvalue weighted by molar-refractivity contribution is 7.32. The molecule has 2 aliphatic rings. The highest BCUT2D eigenvalue weighted by Gasteiger charge is 2.49. The van der Waals surface area contributed by atoms with E-state index in [1.54, 1.807) is 6.07 Å². The van der Waals surface area contributed by atoms with Crippen molar-refractivity contribution in [2.45, 2.75) is 5.53 Å². The molecule has 6 aromatic rings. The largest absolute Gasteiger partial charge is 0.436 e. The summed E-state index contributed by atoms with van der Waals surface area (Å²) in [4.78, 5) is 0. The number of benzene rings is 6. The second kappa shape index (κ2) is 8.95. The van der Waals surface area contributed by atoms with Crippen LogP contribution in [0.15, 0.2) is 115 Å². The number of anilines is 2. The molecule has 2 aliphatic heterocycles. The van der Waals surface area contributed by atoms with Crippen molar-refractivity contribution in [3.8, 4) is 22.6 Å². The highest BCUT2D eigenvalue weighted by atomic mass is 31.1. The van der Waals surface area contributed by atoms with E-state index in [2.05, 4.69) is 5.32 Å². The third kappa shape index (κ3) is 3.56. The van der Waals surface area contributed by atoms with Gasteiger partial charge >= 0.3 is 13.2 Å². The van der Waals surface area contributed by atoms with E-state index in [1.165, 1.54) is 0 Å². The molecular formula is C35H22NO4P. The van der Waals surface area contributed by atoms with Gasteiger partial charge in [-0.15, -0.1) is 0 Å². The van der Waals surface area contributed by atoms with Gasteiger partial charge in [-0.2, -0.15) is 0 Å². The fourth-order valence-electron chi connectivity index (χ4n) is 5.99. The predicted molar refractivity (Wildman–Crippen MR) is 163 cm³/mol. The molecule has 8 rings (SSSR count). The summed E-state index contributed by atoms with van der Waals surface area (Å²) in [6.07, 6.45) is 3.90. The molecule has 0 radical (unpaired) electrons. The molecule has 0 saturated heterocycles. The molecule has 0 fully saturated rings. The van der Waals surface area contributed by atoms with Crippen LogP contribution in [-0.4, -0.2) is 0 Å². The van der Waals surface area contributed by atoms with Crippen molar-refractivity contribution >= 4 is 52.8 Å². The van der Waals surface area contributed by atoms with E-state index in [4.69, 9.17) is 9.47 Å². The van der Waals surface area contributed by atoms with Gasteiger partial charge in [-0.3, -0.25) is 0 Å². The molecule has 0 spiro atoms. The van der Waals surface area contributed by atoms with E-state index < -0.39 is 13.2 Å². The summed E-state index contributed by atoms with van der Waals surface area (Å²) >= 11 is 0. The first-order valence-electron chi connectivity index (χ1n) is 13.4. The van der Waals surface area contributed by atoms with Gasteiger partial charge in [0.1, 0.15) is 11.5 Å². The lowest BCUT2D eigenvalue weighted by atomic mass is 9.92. The number of fused-ring (bicyclic) bond motifs is 9. The highest BCUT2D eigenvalue weighted by Crippen LogP contribution is 2.55. The van der Waals surface area contributed by atoms with Gasteiger partial charge in [0.05, 0.1) is 5.56 Å². The van der Waals surface area contributed by atoms with Crippen molar-refractivity contribution < 1.29 is 18.6 Å². The molecule has 0 aliphatic carbocycles. The zero-order valence-corrected chi connectivity index (χ0v) is 22.6. The number of nitrogens with one attached hydrogen (secondary N) is 1. The minimum Gasteiger partial charge on any atom is -0.436 e. The van der Waals surface area contributed by atoms with Gasteiger partial charge in [0, 0.05) is 28.1 Å². The maximum Gasteiger partial charge on any atom is 0.408 e. The van der Waals surface area contributed by atoms with Gasteiger partial charge in [-0.1, -0.05) is 97.1 Å². The van der Waals surface area contributed by atoms with E-state index in [0.29, 0.717) is 22.6 Å². The molecule has 0 amide bonds. The number of para-hydroxylation sites is 1. The Labute approximate surface area is 236 Å². The normalized spacial score (nSPS) is 14.2. The number of rotatable bonds is 2. The predicted octanol–water partition coefficient (Wildman–Crippen LogP) is 9.64. The molecule has 6 aromatic carbocycles. The molecule has 196 valence electrons. The Hall–Kier alpha value is -5.12. The van der Waals surface area contributed by atoms with Gasteiger partial charge in [-0.05, 0) is 57.4 Å². The van der Waals surface area contributed by atoms with Crippen LogP contribution in [0.2, 0.25) is 0 Å². The van der Waals surface area contributed by atoms with Crippen LogP contribution in [0.5, 0.6) is 11.5 Å². The summed E-state index contributed by atoms with van der Waals surface area (Å²) in [5, 5.41) is 7.41. The zero-order valence-electron chi connectivity index (χ0n) is 21.7. The van der Waals surface area contributed by atoms with Crippen LogP contribution in [0, 0.1) is 0 Å². The van der Waals surface area contributed by atoms with Crippen LogP contribution in [0.1, 0.15) is 16.7 Å². The molecule has 1 N–H and O–H groups in total. The van der Waals surface area contributed by atoms with Crippen LogP contribution in [0.4, 0.5) is 11.4 Å². The molecule has 41 heavy (non-hydrogen) atoms. The molecule has 0 bridgehead atoms. The average molecular weight is 552 g/mol. The third-order valence-corrected chi connectivity index (χ3v) is 8.78. The molecular weight excluding hydrogens is 529 g/mol. The number of hydrogen-bond donors (Lipinski definition) is 1. The van der Waals surface area contributed by atoms with Crippen molar-refractivity contribution in [3.63, 3.8) is 0 Å². The van der Waals surface area contributed by atoms with Crippen LogP contribution < -0.4 is 14.8 Å². The Morgan fingerprint density at radius 2 is 1.15 bits per heavy atom. The smallest absolute Gasteiger partial charge is 0.408 e. The molecule has 0 unspecified atom stereocenters. The summed E-state index contributed by atoms with van der Waals surface area (Å²) in [5.41, 5.74) is 3.22. The quantitative estimate of drug-likeness (QED) is 0.217. The van der Waals surface area contributed by atoms with Crippen LogP contribution in [-0.2, 0) is 14.7 Å². The summed E-state index contributed by atoms with van der Waals surface area (Å²) in [7, 11) is -3.32. The van der Waals surface area contributed by atoms with Crippen molar-refractivity contribution in [3.05, 3.63) is 132 Å². The summed E-state index contributed by atoms with van der Waals surface area (Å²) in [6.45, 7) is 0. The molecule has 6 heteroatoms. The van der Waals surface area contributed by atoms with Crippen molar-refractivity contribution in [1.29, 1.82) is 0 Å². The SMILES string of the molecule is O=P(=O)C1(c2cccc3c2C=Cc2ccccc2N3)Oc2ccc3ccccc3c2-c2c(ccc3ccccc23)O1. The Kier molecular flexibility index (Phi) is 5.18. The molecule has 0 aromatic heterocycles. The second-order valence-electron chi connectivity index (χ2n) is 10.2. The molecule has 0 atom stereocenters. The van der Waals surface area contributed by atoms with Crippen LogP contribution in [0.25, 0.3) is 44.8 Å². The lowest BCUT2D eigenvalue weighted by Gasteiger charge is -2.29. The summed E-state index contributed by atoms with van der Waals surface area (Å²) in [6, 6.07) is 37.1. The van der Waals surface area contributed by atoms with E-state index in [0.717, 1.165) is 49.6 Å².